The number of hydrogen-bond acceptors (Lipinski definition) is 3. The van der Waals surface area contributed by atoms with Crippen molar-refractivity contribution in [2.75, 3.05) is 32.7 Å². The fourth-order valence-electron chi connectivity index (χ4n) is 3.20. The zero-order valence-corrected chi connectivity index (χ0v) is 14.0. The minimum absolute atomic E-state index is 0.0243. The van der Waals surface area contributed by atoms with Crippen molar-refractivity contribution < 1.29 is 19.5 Å². The van der Waals surface area contributed by atoms with E-state index in [2.05, 4.69) is 0 Å². The van der Waals surface area contributed by atoms with E-state index in [1.165, 1.54) is 4.90 Å². The molecule has 1 aliphatic heterocycles. The summed E-state index contributed by atoms with van der Waals surface area (Å²) in [6.45, 7) is 6.02. The van der Waals surface area contributed by atoms with Crippen molar-refractivity contribution in [2.24, 2.45) is 5.92 Å². The van der Waals surface area contributed by atoms with Gasteiger partial charge in [-0.15, -0.1) is 0 Å². The van der Waals surface area contributed by atoms with Crippen LogP contribution in [0.15, 0.2) is 0 Å². The Morgan fingerprint density at radius 2 is 1.78 bits per heavy atom. The molecule has 2 aliphatic rings. The van der Waals surface area contributed by atoms with E-state index in [4.69, 9.17) is 5.11 Å². The number of piperidine rings is 1. The summed E-state index contributed by atoms with van der Waals surface area (Å²) in [5.41, 5.74) is 0. The third-order valence-electron chi connectivity index (χ3n) is 4.65. The van der Waals surface area contributed by atoms with E-state index in [0.29, 0.717) is 26.2 Å². The minimum Gasteiger partial charge on any atom is -0.480 e. The summed E-state index contributed by atoms with van der Waals surface area (Å²) in [6.07, 6.45) is 3.28. The first-order chi connectivity index (χ1) is 11.0. The van der Waals surface area contributed by atoms with Crippen LogP contribution in [0, 0.1) is 5.92 Å². The van der Waals surface area contributed by atoms with Gasteiger partial charge in [-0.1, -0.05) is 0 Å². The lowest BCUT2D eigenvalue weighted by atomic mass is 9.96. The molecule has 3 amide bonds. The summed E-state index contributed by atoms with van der Waals surface area (Å²) in [5, 5.41) is 9.02. The molecule has 1 N–H and O–H groups in total. The van der Waals surface area contributed by atoms with Crippen molar-refractivity contribution in [1.82, 2.24) is 14.7 Å². The topological polar surface area (TPSA) is 81.2 Å². The van der Waals surface area contributed by atoms with Crippen LogP contribution in [0.4, 0.5) is 4.79 Å². The summed E-state index contributed by atoms with van der Waals surface area (Å²) in [5.74, 6) is -1.35. The van der Waals surface area contributed by atoms with Gasteiger partial charge >= 0.3 is 12.0 Å². The number of rotatable bonds is 6. The van der Waals surface area contributed by atoms with Crippen LogP contribution >= 0.6 is 0 Å². The summed E-state index contributed by atoms with van der Waals surface area (Å²) in [6, 6.07) is 0.0520. The van der Waals surface area contributed by atoms with Gasteiger partial charge in [-0.05, 0) is 39.5 Å². The second kappa shape index (κ2) is 7.66. The number of hydrogen-bond donors (Lipinski definition) is 1. The summed E-state index contributed by atoms with van der Waals surface area (Å²) < 4.78 is 0. The largest absolute Gasteiger partial charge is 0.480 e. The number of likely N-dealkylation sites (tertiary alicyclic amines) is 1. The Kier molecular flexibility index (Phi) is 5.85. The highest BCUT2D eigenvalue weighted by molar-refractivity contribution is 5.84. The summed E-state index contributed by atoms with van der Waals surface area (Å²) >= 11 is 0. The third kappa shape index (κ3) is 4.36. The lowest BCUT2D eigenvalue weighted by Crippen LogP contribution is -2.51. The molecule has 130 valence electrons. The highest BCUT2D eigenvalue weighted by Crippen LogP contribution is 2.30. The molecule has 0 bridgehead atoms. The Balaban J connectivity index is 2.00. The molecule has 1 unspecified atom stereocenters. The molecule has 2 rings (SSSR count). The van der Waals surface area contributed by atoms with Gasteiger partial charge in [-0.2, -0.15) is 0 Å². The van der Waals surface area contributed by atoms with Crippen molar-refractivity contribution in [3.63, 3.8) is 0 Å². The fraction of sp³-hybridized carbons (Fsp3) is 0.812. The number of carbonyl (C=O) groups is 3. The first-order valence-corrected chi connectivity index (χ1v) is 8.54. The van der Waals surface area contributed by atoms with E-state index in [1.54, 1.807) is 9.80 Å². The molecule has 1 heterocycles. The number of carbonyl (C=O) groups excluding carboxylic acids is 2. The van der Waals surface area contributed by atoms with E-state index < -0.39 is 5.97 Å². The standard InChI is InChI=1S/C16H27N3O4/c1-3-17(4-2)16(23)18-9-5-6-12(10-18)15(22)19(11-14(20)21)13-7-8-13/h12-13H,3-11H2,1-2H3,(H,20,21). The molecule has 0 radical (unpaired) electrons. The maximum absolute atomic E-state index is 12.7. The second-order valence-corrected chi connectivity index (χ2v) is 6.33. The molecular weight excluding hydrogens is 298 g/mol. The number of urea groups is 1. The van der Waals surface area contributed by atoms with Crippen molar-refractivity contribution in [2.45, 2.75) is 45.6 Å². The van der Waals surface area contributed by atoms with Crippen LogP contribution in [-0.4, -0.2) is 76.5 Å². The van der Waals surface area contributed by atoms with E-state index >= 15 is 0 Å². The molecule has 0 aromatic carbocycles. The molecule has 23 heavy (non-hydrogen) atoms. The van der Waals surface area contributed by atoms with Crippen LogP contribution < -0.4 is 0 Å². The van der Waals surface area contributed by atoms with Gasteiger partial charge in [0, 0.05) is 32.2 Å². The van der Waals surface area contributed by atoms with Gasteiger partial charge in [0.25, 0.3) is 0 Å². The highest BCUT2D eigenvalue weighted by Gasteiger charge is 2.39. The summed E-state index contributed by atoms with van der Waals surface area (Å²) in [7, 11) is 0. The van der Waals surface area contributed by atoms with Gasteiger partial charge in [-0.25, -0.2) is 4.79 Å². The molecule has 1 saturated carbocycles. The van der Waals surface area contributed by atoms with Crippen molar-refractivity contribution >= 4 is 17.9 Å². The maximum atomic E-state index is 12.7. The predicted molar refractivity (Wildman–Crippen MR) is 85.0 cm³/mol. The Hall–Kier alpha value is -1.79. The quantitative estimate of drug-likeness (QED) is 0.796. The Bertz CT molecular complexity index is 460. The second-order valence-electron chi connectivity index (χ2n) is 6.33. The van der Waals surface area contributed by atoms with E-state index in [-0.39, 0.29) is 30.4 Å². The average Bonchev–Trinajstić information content (AvgIpc) is 3.37. The van der Waals surface area contributed by atoms with Crippen LogP contribution in [0.1, 0.15) is 39.5 Å². The average molecular weight is 325 g/mol. The first kappa shape index (κ1) is 17.6. The predicted octanol–water partition coefficient (Wildman–Crippen LogP) is 1.24. The smallest absolute Gasteiger partial charge is 0.323 e. The number of nitrogens with zero attached hydrogens (tertiary/aromatic N) is 3. The van der Waals surface area contributed by atoms with Crippen molar-refractivity contribution in [3.8, 4) is 0 Å². The van der Waals surface area contributed by atoms with Crippen LogP contribution in [0.5, 0.6) is 0 Å². The lowest BCUT2D eigenvalue weighted by Gasteiger charge is -2.37. The molecule has 0 aromatic rings. The minimum atomic E-state index is -0.975. The van der Waals surface area contributed by atoms with Gasteiger partial charge in [-0.3, -0.25) is 9.59 Å². The maximum Gasteiger partial charge on any atom is 0.323 e. The summed E-state index contributed by atoms with van der Waals surface area (Å²) in [4.78, 5) is 41.2. The first-order valence-electron chi connectivity index (χ1n) is 8.54. The van der Waals surface area contributed by atoms with E-state index in [9.17, 15) is 14.4 Å². The lowest BCUT2D eigenvalue weighted by molar-refractivity contribution is -0.147. The highest BCUT2D eigenvalue weighted by atomic mass is 16.4. The van der Waals surface area contributed by atoms with Gasteiger partial charge in [0.1, 0.15) is 6.54 Å². The fourth-order valence-corrected chi connectivity index (χ4v) is 3.20. The van der Waals surface area contributed by atoms with E-state index in [0.717, 1.165) is 25.7 Å². The monoisotopic (exact) mass is 325 g/mol. The van der Waals surface area contributed by atoms with Crippen LogP contribution in [0.3, 0.4) is 0 Å². The third-order valence-corrected chi connectivity index (χ3v) is 4.65. The van der Waals surface area contributed by atoms with Gasteiger partial charge in [0.2, 0.25) is 5.91 Å². The van der Waals surface area contributed by atoms with E-state index in [1.807, 2.05) is 13.8 Å². The van der Waals surface area contributed by atoms with Gasteiger partial charge < -0.3 is 19.8 Å². The van der Waals surface area contributed by atoms with Crippen LogP contribution in [0.25, 0.3) is 0 Å². The number of carboxylic acid groups (broad SMARTS) is 1. The SMILES string of the molecule is CCN(CC)C(=O)N1CCCC(C(=O)N(CC(=O)O)C2CC2)C1. The van der Waals surface area contributed by atoms with Gasteiger partial charge in [0.05, 0.1) is 5.92 Å². The number of aliphatic carboxylic acids is 1. The molecule has 7 heteroatoms. The Labute approximate surface area is 137 Å². The molecular formula is C16H27N3O4. The zero-order valence-electron chi connectivity index (χ0n) is 14.0. The van der Waals surface area contributed by atoms with Crippen LogP contribution in [0.2, 0.25) is 0 Å². The molecule has 1 aliphatic carbocycles. The van der Waals surface area contributed by atoms with Gasteiger partial charge in [0.15, 0.2) is 0 Å². The van der Waals surface area contributed by atoms with Crippen molar-refractivity contribution in [3.05, 3.63) is 0 Å². The number of carboxylic acids is 1. The molecule has 7 nitrogen and oxygen atoms in total. The Morgan fingerprint density at radius 1 is 1.13 bits per heavy atom. The Morgan fingerprint density at radius 3 is 2.30 bits per heavy atom. The molecule has 0 aromatic heterocycles. The molecule has 1 atom stereocenters. The molecule has 1 saturated heterocycles. The zero-order chi connectivity index (χ0) is 17.0. The normalized spacial score (nSPS) is 21.0. The van der Waals surface area contributed by atoms with Crippen molar-refractivity contribution in [1.29, 1.82) is 0 Å². The van der Waals surface area contributed by atoms with Crippen LogP contribution in [-0.2, 0) is 9.59 Å². The molecule has 2 fully saturated rings. The molecule has 0 spiro atoms. The number of amides is 3.